The summed E-state index contributed by atoms with van der Waals surface area (Å²) in [6.07, 6.45) is 3.53. The number of nitrogens with one attached hydrogen (secondary N) is 3. The van der Waals surface area contributed by atoms with Crippen molar-refractivity contribution in [2.75, 3.05) is 26.2 Å². The molecule has 0 bridgehead atoms. The highest BCUT2D eigenvalue weighted by molar-refractivity contribution is 5.94. The lowest BCUT2D eigenvalue weighted by molar-refractivity contribution is -0.138. The molecule has 3 heterocycles. The maximum Gasteiger partial charge on any atom is 0.410 e. The first kappa shape index (κ1) is 31.1. The van der Waals surface area contributed by atoms with Gasteiger partial charge in [-0.05, 0) is 81.8 Å². The van der Waals surface area contributed by atoms with Crippen LogP contribution in [-0.4, -0.2) is 76.4 Å². The van der Waals surface area contributed by atoms with Crippen LogP contribution in [0.5, 0.6) is 0 Å². The van der Waals surface area contributed by atoms with E-state index >= 15 is 0 Å². The average molecular weight is 602 g/mol. The summed E-state index contributed by atoms with van der Waals surface area (Å²) in [5.74, 6) is -0.710. The summed E-state index contributed by atoms with van der Waals surface area (Å²) in [5.41, 5.74) is 4.04. The Hall–Kier alpha value is -4.34. The number of hydrogen-bond donors (Lipinski definition) is 3. The Bertz CT molecular complexity index is 1530. The number of rotatable bonds is 7. The normalized spacial score (nSPS) is 16.3. The number of likely N-dealkylation sites (tertiary alicyclic amines) is 1. The zero-order valence-corrected chi connectivity index (χ0v) is 26.1. The molecule has 1 fully saturated rings. The van der Waals surface area contributed by atoms with Gasteiger partial charge in [-0.15, -0.1) is 0 Å². The molecule has 4 amide bonds. The summed E-state index contributed by atoms with van der Waals surface area (Å²) < 4.78 is 5.50. The standard InChI is InChI=1S/C34H43N5O5/c1-5-35-30(40)24-10-11-25-21-39(17-14-23(25)18-24)32(42)29(19-26-20-36-28-9-7-6-8-27(26)28)37-31(41)22-12-15-38(16-13-22)33(43)44-34(2,3)4/h6-11,18,20,22,29,36H,5,12-17,19,21H2,1-4H3,(H,35,40)(H,37,41)/t29-/m1/s1. The minimum atomic E-state index is -0.748. The number of amides is 4. The zero-order chi connectivity index (χ0) is 31.4. The first-order valence-corrected chi connectivity index (χ1v) is 15.5. The predicted octanol–water partition coefficient (Wildman–Crippen LogP) is 4.18. The molecule has 234 valence electrons. The number of para-hydroxylation sites is 1. The van der Waals surface area contributed by atoms with Crippen LogP contribution in [0.1, 0.15) is 67.6 Å². The highest BCUT2D eigenvalue weighted by atomic mass is 16.6. The molecular weight excluding hydrogens is 558 g/mol. The summed E-state index contributed by atoms with van der Waals surface area (Å²) in [5, 5.41) is 6.95. The molecule has 1 saturated heterocycles. The Morgan fingerprint density at radius 2 is 1.75 bits per heavy atom. The third-order valence-corrected chi connectivity index (χ3v) is 8.36. The van der Waals surface area contributed by atoms with E-state index in [0.29, 0.717) is 64.0 Å². The molecule has 10 nitrogen and oxygen atoms in total. The number of nitrogens with zero attached hydrogens (tertiary/aromatic N) is 2. The summed E-state index contributed by atoms with van der Waals surface area (Å²) >= 11 is 0. The summed E-state index contributed by atoms with van der Waals surface area (Å²) in [6.45, 7) is 9.71. The first-order valence-electron chi connectivity index (χ1n) is 15.5. The van der Waals surface area contributed by atoms with Gasteiger partial charge in [0.15, 0.2) is 0 Å². The van der Waals surface area contributed by atoms with E-state index in [0.717, 1.165) is 27.6 Å². The molecule has 0 saturated carbocycles. The number of aromatic nitrogens is 1. The second-order valence-electron chi connectivity index (χ2n) is 12.7. The first-order chi connectivity index (χ1) is 21.0. The molecule has 44 heavy (non-hydrogen) atoms. The Kier molecular flexibility index (Phi) is 9.27. The molecule has 2 aliphatic rings. The topological polar surface area (TPSA) is 124 Å². The van der Waals surface area contributed by atoms with Crippen molar-refractivity contribution >= 4 is 34.7 Å². The van der Waals surface area contributed by atoms with Crippen LogP contribution in [0.25, 0.3) is 10.9 Å². The number of H-pyrrole nitrogens is 1. The quantitative estimate of drug-likeness (QED) is 0.375. The van der Waals surface area contributed by atoms with E-state index in [2.05, 4.69) is 15.6 Å². The molecule has 0 aliphatic carbocycles. The number of fused-ring (bicyclic) bond motifs is 2. The van der Waals surface area contributed by atoms with Gasteiger partial charge in [0.05, 0.1) is 0 Å². The van der Waals surface area contributed by atoms with E-state index < -0.39 is 11.6 Å². The second kappa shape index (κ2) is 13.1. The van der Waals surface area contributed by atoms with Gasteiger partial charge in [-0.3, -0.25) is 14.4 Å². The molecule has 1 aromatic heterocycles. The molecule has 3 aromatic rings. The van der Waals surface area contributed by atoms with Crippen molar-refractivity contribution in [2.45, 2.75) is 71.6 Å². The fraction of sp³-hybridized carbons (Fsp3) is 0.471. The van der Waals surface area contributed by atoms with Crippen LogP contribution in [0.3, 0.4) is 0 Å². The van der Waals surface area contributed by atoms with Crippen LogP contribution in [0, 0.1) is 5.92 Å². The largest absolute Gasteiger partial charge is 0.444 e. The van der Waals surface area contributed by atoms with E-state index in [1.54, 1.807) is 15.9 Å². The van der Waals surface area contributed by atoms with Crippen LogP contribution in [0.15, 0.2) is 48.7 Å². The number of carbonyl (C=O) groups excluding carboxylic acids is 4. The van der Waals surface area contributed by atoms with Crippen molar-refractivity contribution in [1.82, 2.24) is 25.4 Å². The molecule has 2 aliphatic heterocycles. The highest BCUT2D eigenvalue weighted by Crippen LogP contribution is 2.25. The minimum Gasteiger partial charge on any atom is -0.444 e. The Labute approximate surface area is 258 Å². The van der Waals surface area contributed by atoms with Crippen molar-refractivity contribution in [2.24, 2.45) is 5.92 Å². The number of benzene rings is 2. The Balaban J connectivity index is 1.30. The maximum absolute atomic E-state index is 14.1. The van der Waals surface area contributed by atoms with E-state index in [4.69, 9.17) is 4.74 Å². The lowest BCUT2D eigenvalue weighted by Crippen LogP contribution is -2.53. The third kappa shape index (κ3) is 7.23. The van der Waals surface area contributed by atoms with Gasteiger partial charge < -0.3 is 30.2 Å². The maximum atomic E-state index is 14.1. The number of aromatic amines is 1. The minimum absolute atomic E-state index is 0.104. The van der Waals surface area contributed by atoms with Crippen LogP contribution in [-0.2, 0) is 33.7 Å². The van der Waals surface area contributed by atoms with Crippen molar-refractivity contribution < 1.29 is 23.9 Å². The molecule has 5 rings (SSSR count). The van der Waals surface area contributed by atoms with E-state index in [-0.39, 0.29) is 29.7 Å². The number of piperidine rings is 1. The zero-order valence-electron chi connectivity index (χ0n) is 26.1. The monoisotopic (exact) mass is 601 g/mol. The molecule has 3 N–H and O–H groups in total. The fourth-order valence-corrected chi connectivity index (χ4v) is 6.03. The van der Waals surface area contributed by atoms with Gasteiger partial charge in [0.1, 0.15) is 11.6 Å². The van der Waals surface area contributed by atoms with Crippen LogP contribution >= 0.6 is 0 Å². The fourth-order valence-electron chi connectivity index (χ4n) is 6.03. The van der Waals surface area contributed by atoms with Gasteiger partial charge >= 0.3 is 6.09 Å². The molecule has 2 aromatic carbocycles. The number of carbonyl (C=O) groups is 4. The van der Waals surface area contributed by atoms with Gasteiger partial charge in [-0.2, -0.15) is 0 Å². The second-order valence-corrected chi connectivity index (χ2v) is 12.7. The average Bonchev–Trinajstić information content (AvgIpc) is 3.41. The third-order valence-electron chi connectivity index (χ3n) is 8.36. The van der Waals surface area contributed by atoms with Crippen LogP contribution in [0.2, 0.25) is 0 Å². The van der Waals surface area contributed by atoms with Crippen LogP contribution in [0.4, 0.5) is 4.79 Å². The van der Waals surface area contributed by atoms with Crippen molar-refractivity contribution in [1.29, 1.82) is 0 Å². The molecule has 0 radical (unpaired) electrons. The molecular formula is C34H43N5O5. The molecule has 10 heteroatoms. The molecule has 0 unspecified atom stereocenters. The molecule has 0 spiro atoms. The molecule has 1 atom stereocenters. The van der Waals surface area contributed by atoms with Crippen molar-refractivity contribution in [3.63, 3.8) is 0 Å². The number of hydrogen-bond acceptors (Lipinski definition) is 5. The Morgan fingerprint density at radius 3 is 2.48 bits per heavy atom. The lowest BCUT2D eigenvalue weighted by Gasteiger charge is -2.35. The van der Waals surface area contributed by atoms with Gasteiger partial charge in [0.2, 0.25) is 11.8 Å². The summed E-state index contributed by atoms with van der Waals surface area (Å²) in [7, 11) is 0. The SMILES string of the molecule is CCNC(=O)c1ccc2c(c1)CCN(C(=O)[C@@H](Cc1c[nH]c3ccccc13)NC(=O)C1CCN(C(=O)OC(C)(C)C)CC1)C2. The van der Waals surface area contributed by atoms with Gasteiger partial charge in [0, 0.05) is 67.7 Å². The van der Waals surface area contributed by atoms with Crippen molar-refractivity contribution in [3.05, 3.63) is 70.9 Å². The predicted molar refractivity (Wildman–Crippen MR) is 168 cm³/mol. The smallest absolute Gasteiger partial charge is 0.410 e. The van der Waals surface area contributed by atoms with E-state index in [1.165, 1.54) is 0 Å². The van der Waals surface area contributed by atoms with Gasteiger partial charge in [-0.1, -0.05) is 24.3 Å². The van der Waals surface area contributed by atoms with Crippen LogP contribution < -0.4 is 10.6 Å². The highest BCUT2D eigenvalue weighted by Gasteiger charge is 2.34. The Morgan fingerprint density at radius 1 is 1.00 bits per heavy atom. The van der Waals surface area contributed by atoms with E-state index in [9.17, 15) is 19.2 Å². The van der Waals surface area contributed by atoms with Crippen molar-refractivity contribution in [3.8, 4) is 0 Å². The van der Waals surface area contributed by atoms with Gasteiger partial charge in [0.25, 0.3) is 5.91 Å². The van der Waals surface area contributed by atoms with Gasteiger partial charge in [-0.25, -0.2) is 4.79 Å². The summed E-state index contributed by atoms with van der Waals surface area (Å²) in [6, 6.07) is 12.8. The summed E-state index contributed by atoms with van der Waals surface area (Å²) in [4.78, 5) is 59.2. The number of ether oxygens (including phenoxy) is 1. The van der Waals surface area contributed by atoms with E-state index in [1.807, 2.05) is 70.3 Å². The lowest BCUT2D eigenvalue weighted by atomic mass is 9.94.